The molecule has 1 rings (SSSR count). The van der Waals surface area contributed by atoms with E-state index in [9.17, 15) is 8.78 Å². The van der Waals surface area contributed by atoms with Gasteiger partial charge in [0.1, 0.15) is 0 Å². The number of nitrogens with one attached hydrogen (secondary N) is 1. The summed E-state index contributed by atoms with van der Waals surface area (Å²) in [5.74, 6) is 0. The number of hydrogen-bond acceptors (Lipinski definition) is 3. The predicted molar refractivity (Wildman–Crippen MR) is 78.3 cm³/mol. The van der Waals surface area contributed by atoms with E-state index in [1.54, 1.807) is 0 Å². The highest BCUT2D eigenvalue weighted by Crippen LogP contribution is 2.17. The van der Waals surface area contributed by atoms with Crippen LogP contribution in [-0.2, 0) is 6.54 Å². The quantitative estimate of drug-likeness (QED) is 0.809. The second-order valence-corrected chi connectivity index (χ2v) is 5.83. The van der Waals surface area contributed by atoms with Crippen LogP contribution < -0.4 is 10.2 Å². The average Bonchev–Trinajstić information content (AvgIpc) is 2.35. The molecule has 0 fully saturated rings. The highest BCUT2D eigenvalue weighted by atomic mass is 19.3. The van der Waals surface area contributed by atoms with Crippen LogP contribution in [0.3, 0.4) is 0 Å². The normalized spacial score (nSPS) is 11.9. The van der Waals surface area contributed by atoms with Crippen LogP contribution in [0.4, 0.5) is 14.5 Å². The summed E-state index contributed by atoms with van der Waals surface area (Å²) in [7, 11) is 0. The Morgan fingerprint density at radius 3 is 2.25 bits per heavy atom. The van der Waals surface area contributed by atoms with E-state index in [0.717, 1.165) is 12.1 Å². The Morgan fingerprint density at radius 2 is 1.80 bits per heavy atom. The predicted octanol–water partition coefficient (Wildman–Crippen LogP) is 2.64. The summed E-state index contributed by atoms with van der Waals surface area (Å²) < 4.78 is 25.0. The molecule has 0 aliphatic carbocycles. The van der Waals surface area contributed by atoms with Crippen molar-refractivity contribution in [3.63, 3.8) is 0 Å². The van der Waals surface area contributed by atoms with Crippen molar-refractivity contribution in [1.82, 2.24) is 5.32 Å². The van der Waals surface area contributed by atoms with Gasteiger partial charge in [-0.2, -0.15) is 0 Å². The van der Waals surface area contributed by atoms with Crippen LogP contribution in [0, 0.1) is 0 Å². The Hall–Kier alpha value is -1.20. The van der Waals surface area contributed by atoms with E-state index >= 15 is 0 Å². The highest BCUT2D eigenvalue weighted by molar-refractivity contribution is 5.47. The molecule has 0 saturated heterocycles. The molecular formula is C15H24F2N2O. The van der Waals surface area contributed by atoms with Crippen LogP contribution in [0.15, 0.2) is 24.3 Å². The van der Waals surface area contributed by atoms with E-state index < -0.39 is 6.43 Å². The van der Waals surface area contributed by atoms with Gasteiger partial charge in [-0.1, -0.05) is 12.1 Å². The van der Waals surface area contributed by atoms with Crippen LogP contribution in [0.1, 0.15) is 26.3 Å². The molecule has 5 heteroatoms. The van der Waals surface area contributed by atoms with E-state index in [0.29, 0.717) is 5.69 Å². The standard InChI is InChI=1S/C15H24F2N2O/c1-15(2,3)18-10-12-4-6-13(7-5-12)19(8-9-20)11-14(16)17/h4-7,14,18,20H,8-11H2,1-3H3. The summed E-state index contributed by atoms with van der Waals surface area (Å²) in [6.45, 7) is 6.72. The molecule has 114 valence electrons. The van der Waals surface area contributed by atoms with Crippen LogP contribution in [0.25, 0.3) is 0 Å². The molecule has 0 unspecified atom stereocenters. The largest absolute Gasteiger partial charge is 0.395 e. The number of alkyl halides is 2. The fourth-order valence-corrected chi connectivity index (χ4v) is 1.80. The molecule has 0 spiro atoms. The Morgan fingerprint density at radius 1 is 1.20 bits per heavy atom. The lowest BCUT2D eigenvalue weighted by molar-refractivity contribution is 0.153. The van der Waals surface area contributed by atoms with E-state index in [2.05, 4.69) is 26.1 Å². The zero-order valence-electron chi connectivity index (χ0n) is 12.4. The maximum Gasteiger partial charge on any atom is 0.255 e. The lowest BCUT2D eigenvalue weighted by Crippen LogP contribution is -2.35. The third-order valence-electron chi connectivity index (χ3n) is 2.85. The summed E-state index contributed by atoms with van der Waals surface area (Å²) in [4.78, 5) is 1.49. The monoisotopic (exact) mass is 286 g/mol. The molecule has 0 radical (unpaired) electrons. The minimum Gasteiger partial charge on any atom is -0.395 e. The molecule has 0 bridgehead atoms. The highest BCUT2D eigenvalue weighted by Gasteiger charge is 2.13. The molecule has 0 heterocycles. The van der Waals surface area contributed by atoms with Crippen molar-refractivity contribution in [3.05, 3.63) is 29.8 Å². The Kier molecular flexibility index (Phi) is 6.36. The molecule has 3 nitrogen and oxygen atoms in total. The van der Waals surface area contributed by atoms with Gasteiger partial charge in [0, 0.05) is 24.3 Å². The molecule has 0 aliphatic heterocycles. The first-order chi connectivity index (χ1) is 9.31. The molecule has 0 aromatic heterocycles. The molecule has 1 aromatic rings. The molecule has 0 atom stereocenters. The zero-order valence-corrected chi connectivity index (χ0v) is 12.4. The molecule has 0 aliphatic rings. The first kappa shape index (κ1) is 16.9. The number of nitrogens with zero attached hydrogens (tertiary/aromatic N) is 1. The molecule has 1 aromatic carbocycles. The van der Waals surface area contributed by atoms with Crippen molar-refractivity contribution in [1.29, 1.82) is 0 Å². The lowest BCUT2D eigenvalue weighted by atomic mass is 10.1. The zero-order chi connectivity index (χ0) is 15.2. The van der Waals surface area contributed by atoms with Crippen molar-refractivity contribution < 1.29 is 13.9 Å². The lowest BCUT2D eigenvalue weighted by Gasteiger charge is -2.24. The summed E-state index contributed by atoms with van der Waals surface area (Å²) in [6, 6.07) is 7.48. The van der Waals surface area contributed by atoms with Gasteiger partial charge in [0.25, 0.3) is 6.43 Å². The molecule has 0 amide bonds. The molecule has 2 N–H and O–H groups in total. The smallest absolute Gasteiger partial charge is 0.255 e. The number of benzene rings is 1. The number of anilines is 1. The molecular weight excluding hydrogens is 262 g/mol. The van der Waals surface area contributed by atoms with Crippen molar-refractivity contribution in [3.8, 4) is 0 Å². The molecule has 20 heavy (non-hydrogen) atoms. The van der Waals surface area contributed by atoms with E-state index in [-0.39, 0.29) is 25.2 Å². The van der Waals surface area contributed by atoms with Gasteiger partial charge in [-0.05, 0) is 38.5 Å². The fraction of sp³-hybridized carbons (Fsp3) is 0.600. The van der Waals surface area contributed by atoms with Gasteiger partial charge < -0.3 is 15.3 Å². The van der Waals surface area contributed by atoms with E-state index in [1.807, 2.05) is 24.3 Å². The Labute approximate surface area is 119 Å². The SMILES string of the molecule is CC(C)(C)NCc1ccc(N(CCO)CC(F)F)cc1. The van der Waals surface area contributed by atoms with Gasteiger partial charge in [-0.15, -0.1) is 0 Å². The van der Waals surface area contributed by atoms with Crippen LogP contribution in [0.5, 0.6) is 0 Å². The average molecular weight is 286 g/mol. The number of halogens is 2. The van der Waals surface area contributed by atoms with Crippen molar-refractivity contribution in [2.75, 3.05) is 24.6 Å². The van der Waals surface area contributed by atoms with Gasteiger partial charge in [-0.25, -0.2) is 8.78 Å². The van der Waals surface area contributed by atoms with Gasteiger partial charge in [0.2, 0.25) is 0 Å². The van der Waals surface area contributed by atoms with Crippen molar-refractivity contribution >= 4 is 5.69 Å². The number of hydrogen-bond donors (Lipinski definition) is 2. The maximum atomic E-state index is 12.5. The number of rotatable bonds is 7. The van der Waals surface area contributed by atoms with E-state index in [1.165, 1.54) is 4.90 Å². The van der Waals surface area contributed by atoms with Crippen LogP contribution in [-0.4, -0.2) is 36.8 Å². The second kappa shape index (κ2) is 7.55. The third-order valence-corrected chi connectivity index (χ3v) is 2.85. The van der Waals surface area contributed by atoms with Crippen molar-refractivity contribution in [2.24, 2.45) is 0 Å². The van der Waals surface area contributed by atoms with Crippen LogP contribution >= 0.6 is 0 Å². The van der Waals surface area contributed by atoms with Crippen LogP contribution in [0.2, 0.25) is 0 Å². The van der Waals surface area contributed by atoms with Gasteiger partial charge in [-0.3, -0.25) is 0 Å². The minimum atomic E-state index is -2.41. The summed E-state index contributed by atoms with van der Waals surface area (Å²) in [5.41, 5.74) is 1.85. The van der Waals surface area contributed by atoms with Gasteiger partial charge in [0.05, 0.1) is 13.2 Å². The number of aliphatic hydroxyl groups is 1. The van der Waals surface area contributed by atoms with Gasteiger partial charge in [0.15, 0.2) is 0 Å². The first-order valence-corrected chi connectivity index (χ1v) is 6.80. The third kappa shape index (κ3) is 6.30. The summed E-state index contributed by atoms with van der Waals surface area (Å²) in [5, 5.41) is 12.3. The fourth-order valence-electron chi connectivity index (χ4n) is 1.80. The number of aliphatic hydroxyl groups excluding tert-OH is 1. The topological polar surface area (TPSA) is 35.5 Å². The first-order valence-electron chi connectivity index (χ1n) is 6.80. The molecule has 0 saturated carbocycles. The van der Waals surface area contributed by atoms with Gasteiger partial charge >= 0.3 is 0 Å². The maximum absolute atomic E-state index is 12.5. The Balaban J connectivity index is 2.67. The Bertz CT molecular complexity index is 388. The van der Waals surface area contributed by atoms with E-state index in [4.69, 9.17) is 5.11 Å². The second-order valence-electron chi connectivity index (χ2n) is 5.83. The summed E-state index contributed by atoms with van der Waals surface area (Å²) >= 11 is 0. The van der Waals surface area contributed by atoms with Crippen molar-refractivity contribution in [2.45, 2.75) is 39.3 Å². The minimum absolute atomic E-state index is 0.0390. The summed E-state index contributed by atoms with van der Waals surface area (Å²) in [6.07, 6.45) is -2.41.